The molecule has 0 saturated carbocycles. The number of benzene rings is 3. The lowest BCUT2D eigenvalue weighted by molar-refractivity contribution is 0.0946. The molecular formula is C26H21FN2O4S. The van der Waals surface area contributed by atoms with Crippen molar-refractivity contribution >= 4 is 17.2 Å². The summed E-state index contributed by atoms with van der Waals surface area (Å²) in [5.74, 6) is 0.986. The number of aromatic nitrogens is 1. The third-order valence-electron chi connectivity index (χ3n) is 5.29. The van der Waals surface area contributed by atoms with Crippen LogP contribution in [0, 0.1) is 12.7 Å². The average Bonchev–Trinajstić information content (AvgIpc) is 3.51. The van der Waals surface area contributed by atoms with Crippen LogP contribution < -0.4 is 19.5 Å². The van der Waals surface area contributed by atoms with Crippen LogP contribution in [0.5, 0.6) is 17.2 Å². The summed E-state index contributed by atoms with van der Waals surface area (Å²) in [6.07, 6.45) is 0. The minimum absolute atomic E-state index is 0.198. The summed E-state index contributed by atoms with van der Waals surface area (Å²) in [5.41, 5.74) is 3.59. The number of fused-ring (bicyclic) bond motifs is 1. The van der Waals surface area contributed by atoms with E-state index >= 15 is 0 Å². The molecule has 8 heteroatoms. The van der Waals surface area contributed by atoms with Crippen molar-refractivity contribution in [3.8, 4) is 27.8 Å². The fraction of sp³-hybridized carbons (Fsp3) is 0.154. The molecule has 2 heterocycles. The van der Waals surface area contributed by atoms with E-state index in [-0.39, 0.29) is 18.4 Å². The first kappa shape index (κ1) is 21.9. The Hall–Kier alpha value is -3.91. The summed E-state index contributed by atoms with van der Waals surface area (Å²) in [4.78, 5) is 16.9. The maximum atomic E-state index is 14.8. The smallest absolute Gasteiger partial charge is 0.271 e. The fourth-order valence-corrected chi connectivity index (χ4v) is 4.38. The van der Waals surface area contributed by atoms with Gasteiger partial charge in [-0.2, -0.15) is 0 Å². The maximum Gasteiger partial charge on any atom is 0.271 e. The third-order valence-corrected chi connectivity index (χ3v) is 6.16. The zero-order chi connectivity index (χ0) is 23.5. The Morgan fingerprint density at radius 2 is 1.97 bits per heavy atom. The van der Waals surface area contributed by atoms with Crippen molar-refractivity contribution in [1.82, 2.24) is 10.3 Å². The zero-order valence-electron chi connectivity index (χ0n) is 18.3. The molecule has 4 aromatic rings. The first-order valence-corrected chi connectivity index (χ1v) is 11.5. The number of rotatable bonds is 7. The van der Waals surface area contributed by atoms with E-state index in [4.69, 9.17) is 14.2 Å². The standard InChI is InChI=1S/C26H21FN2O4S/c1-16-3-2-4-18(9-16)13-31-19-6-7-20(21(27)11-19)26-29-22(14-34-26)25(30)28-12-17-5-8-23-24(10-17)33-15-32-23/h2-11,14H,12-13,15H2,1H3,(H,28,30). The van der Waals surface area contributed by atoms with Crippen molar-refractivity contribution in [2.45, 2.75) is 20.1 Å². The van der Waals surface area contributed by atoms with Crippen LogP contribution in [-0.2, 0) is 13.2 Å². The van der Waals surface area contributed by atoms with E-state index in [2.05, 4.69) is 10.3 Å². The Bertz CT molecular complexity index is 1350. The predicted molar refractivity (Wildman–Crippen MR) is 127 cm³/mol. The minimum Gasteiger partial charge on any atom is -0.489 e. The van der Waals surface area contributed by atoms with Gasteiger partial charge >= 0.3 is 0 Å². The molecule has 34 heavy (non-hydrogen) atoms. The molecule has 1 aliphatic rings. The van der Waals surface area contributed by atoms with Gasteiger partial charge in [-0.25, -0.2) is 9.37 Å². The molecule has 5 rings (SSSR count). The van der Waals surface area contributed by atoms with Crippen molar-refractivity contribution in [2.24, 2.45) is 0 Å². The Labute approximate surface area is 199 Å². The number of hydrogen-bond acceptors (Lipinski definition) is 6. The van der Waals surface area contributed by atoms with Gasteiger partial charge in [0.15, 0.2) is 11.5 Å². The van der Waals surface area contributed by atoms with E-state index in [1.54, 1.807) is 17.5 Å². The molecule has 3 aromatic carbocycles. The van der Waals surface area contributed by atoms with Crippen LogP contribution in [0.25, 0.3) is 10.6 Å². The van der Waals surface area contributed by atoms with Gasteiger partial charge in [-0.1, -0.05) is 35.9 Å². The lowest BCUT2D eigenvalue weighted by Crippen LogP contribution is -2.23. The molecule has 6 nitrogen and oxygen atoms in total. The van der Waals surface area contributed by atoms with Gasteiger partial charge in [0.2, 0.25) is 6.79 Å². The van der Waals surface area contributed by atoms with Gasteiger partial charge in [0, 0.05) is 23.6 Å². The second-order valence-corrected chi connectivity index (χ2v) is 8.69. The van der Waals surface area contributed by atoms with Crippen molar-refractivity contribution < 1.29 is 23.4 Å². The lowest BCUT2D eigenvalue weighted by atomic mass is 10.1. The quantitative estimate of drug-likeness (QED) is 0.382. The number of nitrogens with one attached hydrogen (secondary N) is 1. The highest BCUT2D eigenvalue weighted by Gasteiger charge is 2.16. The molecule has 0 bridgehead atoms. The Morgan fingerprint density at radius 3 is 2.82 bits per heavy atom. The Balaban J connectivity index is 1.21. The molecular weight excluding hydrogens is 455 g/mol. The summed E-state index contributed by atoms with van der Waals surface area (Å²) in [5, 5.41) is 4.87. The van der Waals surface area contributed by atoms with Crippen molar-refractivity contribution in [1.29, 1.82) is 0 Å². The first-order valence-electron chi connectivity index (χ1n) is 10.7. The predicted octanol–water partition coefficient (Wildman–Crippen LogP) is 5.50. The highest BCUT2D eigenvalue weighted by atomic mass is 32.1. The van der Waals surface area contributed by atoms with Crippen LogP contribution in [0.15, 0.2) is 66.0 Å². The molecule has 1 aliphatic heterocycles. The monoisotopic (exact) mass is 476 g/mol. The summed E-state index contributed by atoms with van der Waals surface area (Å²) in [6.45, 7) is 2.87. The van der Waals surface area contributed by atoms with Crippen LogP contribution >= 0.6 is 11.3 Å². The molecule has 0 atom stereocenters. The van der Waals surface area contributed by atoms with Crippen molar-refractivity contribution in [2.75, 3.05) is 6.79 Å². The number of aryl methyl sites for hydroxylation is 1. The SMILES string of the molecule is Cc1cccc(COc2ccc(-c3nc(C(=O)NCc4ccc5c(c4)OCO5)cs3)c(F)c2)c1. The molecule has 0 radical (unpaired) electrons. The van der Waals surface area contributed by atoms with E-state index in [1.807, 2.05) is 49.4 Å². The van der Waals surface area contributed by atoms with Gasteiger partial charge < -0.3 is 19.5 Å². The number of carbonyl (C=O) groups excluding carboxylic acids is 1. The minimum atomic E-state index is -0.455. The van der Waals surface area contributed by atoms with Gasteiger partial charge in [-0.15, -0.1) is 11.3 Å². The molecule has 1 amide bonds. The highest BCUT2D eigenvalue weighted by molar-refractivity contribution is 7.13. The largest absolute Gasteiger partial charge is 0.489 e. The average molecular weight is 477 g/mol. The van der Waals surface area contributed by atoms with E-state index in [0.29, 0.717) is 41.0 Å². The zero-order valence-corrected chi connectivity index (χ0v) is 19.2. The second-order valence-electron chi connectivity index (χ2n) is 7.83. The van der Waals surface area contributed by atoms with Gasteiger partial charge in [0.1, 0.15) is 28.9 Å². The van der Waals surface area contributed by atoms with Gasteiger partial charge in [0.25, 0.3) is 5.91 Å². The number of nitrogens with zero attached hydrogens (tertiary/aromatic N) is 1. The molecule has 0 saturated heterocycles. The van der Waals surface area contributed by atoms with E-state index < -0.39 is 5.82 Å². The van der Waals surface area contributed by atoms with Crippen LogP contribution in [0.1, 0.15) is 27.2 Å². The topological polar surface area (TPSA) is 69.7 Å². The Kier molecular flexibility index (Phi) is 6.14. The molecule has 0 unspecified atom stereocenters. The van der Waals surface area contributed by atoms with Crippen molar-refractivity contribution in [3.05, 3.63) is 94.2 Å². The number of ether oxygens (including phenoxy) is 3. The summed E-state index contributed by atoms with van der Waals surface area (Å²) in [6, 6.07) is 18.1. The molecule has 0 aliphatic carbocycles. The Morgan fingerprint density at radius 1 is 1.09 bits per heavy atom. The number of carbonyl (C=O) groups is 1. The molecule has 1 aromatic heterocycles. The lowest BCUT2D eigenvalue weighted by Gasteiger charge is -2.08. The van der Waals surface area contributed by atoms with Crippen molar-refractivity contribution in [3.63, 3.8) is 0 Å². The summed E-state index contributed by atoms with van der Waals surface area (Å²) >= 11 is 1.21. The van der Waals surface area contributed by atoms with Crippen LogP contribution in [0.3, 0.4) is 0 Å². The van der Waals surface area contributed by atoms with E-state index in [9.17, 15) is 9.18 Å². The molecule has 172 valence electrons. The molecule has 0 fully saturated rings. The van der Waals surface area contributed by atoms with Crippen LogP contribution in [0.2, 0.25) is 0 Å². The van der Waals surface area contributed by atoms with Gasteiger partial charge in [0.05, 0.1) is 0 Å². The number of hydrogen-bond donors (Lipinski definition) is 1. The number of halogens is 1. The third kappa shape index (κ3) is 4.87. The first-order chi connectivity index (χ1) is 16.5. The molecule has 0 spiro atoms. The second kappa shape index (κ2) is 9.52. The number of amides is 1. The van der Waals surface area contributed by atoms with Crippen LogP contribution in [-0.4, -0.2) is 17.7 Å². The van der Waals surface area contributed by atoms with E-state index in [1.165, 1.54) is 17.4 Å². The van der Waals surface area contributed by atoms with Gasteiger partial charge in [-0.05, 0) is 42.3 Å². The van der Waals surface area contributed by atoms with Crippen LogP contribution in [0.4, 0.5) is 4.39 Å². The number of thiazole rings is 1. The maximum absolute atomic E-state index is 14.8. The molecule has 1 N–H and O–H groups in total. The summed E-state index contributed by atoms with van der Waals surface area (Å²) < 4.78 is 31.2. The highest BCUT2D eigenvalue weighted by Crippen LogP contribution is 2.32. The van der Waals surface area contributed by atoms with Gasteiger partial charge in [-0.3, -0.25) is 4.79 Å². The fourth-order valence-electron chi connectivity index (χ4n) is 3.55. The van der Waals surface area contributed by atoms with E-state index in [0.717, 1.165) is 16.7 Å². The normalized spacial score (nSPS) is 11.9. The summed E-state index contributed by atoms with van der Waals surface area (Å²) in [7, 11) is 0.